The summed E-state index contributed by atoms with van der Waals surface area (Å²) in [5.74, 6) is 0.323. The lowest BCUT2D eigenvalue weighted by atomic mass is 10.2. The molecular weight excluding hydrogens is 276 g/mol. The highest BCUT2D eigenvalue weighted by Gasteiger charge is 2.20. The highest BCUT2D eigenvalue weighted by molar-refractivity contribution is 7.92. The van der Waals surface area contributed by atoms with Crippen molar-refractivity contribution in [3.8, 4) is 5.75 Å². The Hall–Kier alpha value is -2.08. The van der Waals surface area contributed by atoms with Crippen molar-refractivity contribution in [2.45, 2.75) is 18.2 Å². The van der Waals surface area contributed by atoms with Crippen LogP contribution in [0.2, 0.25) is 0 Å². The third kappa shape index (κ3) is 3.08. The molecule has 20 heavy (non-hydrogen) atoms. The van der Waals surface area contributed by atoms with E-state index in [1.54, 1.807) is 24.3 Å². The Balaban J connectivity index is 2.43. The van der Waals surface area contributed by atoms with Gasteiger partial charge in [-0.2, -0.15) is 0 Å². The van der Waals surface area contributed by atoms with Gasteiger partial charge < -0.3 is 4.74 Å². The molecule has 2 aromatic rings. The van der Waals surface area contributed by atoms with Crippen LogP contribution in [0.1, 0.15) is 12.5 Å². The molecule has 106 valence electrons. The summed E-state index contributed by atoms with van der Waals surface area (Å²) in [6.07, 6.45) is 3.80. The van der Waals surface area contributed by atoms with Crippen molar-refractivity contribution in [1.29, 1.82) is 0 Å². The maximum atomic E-state index is 12.4. The SMILES string of the molecule is CCc1ccc(OC)c(S(=O)(=O)Nc2ccncc2)c1. The molecule has 2 rings (SSSR count). The molecular formula is C14H16N2O3S. The summed E-state index contributed by atoms with van der Waals surface area (Å²) in [4.78, 5) is 3.99. The first-order valence-corrected chi connectivity index (χ1v) is 7.65. The fourth-order valence-electron chi connectivity index (χ4n) is 1.78. The number of nitrogens with one attached hydrogen (secondary N) is 1. The van der Waals surface area contributed by atoms with Gasteiger partial charge in [0.25, 0.3) is 10.0 Å². The Morgan fingerprint density at radius 1 is 1.20 bits per heavy atom. The standard InChI is InChI=1S/C14H16N2O3S/c1-3-11-4-5-13(19-2)14(10-11)20(17,18)16-12-6-8-15-9-7-12/h4-10H,3H2,1-2H3,(H,15,16). The predicted octanol–water partition coefficient (Wildman–Crippen LogP) is 2.45. The molecule has 1 aromatic carbocycles. The Kier molecular flexibility index (Phi) is 4.24. The zero-order chi connectivity index (χ0) is 14.6. The van der Waals surface area contributed by atoms with Gasteiger partial charge in [0, 0.05) is 12.4 Å². The van der Waals surface area contributed by atoms with Crippen molar-refractivity contribution in [3.05, 3.63) is 48.3 Å². The van der Waals surface area contributed by atoms with E-state index in [0.717, 1.165) is 12.0 Å². The largest absolute Gasteiger partial charge is 0.495 e. The van der Waals surface area contributed by atoms with Gasteiger partial charge in [-0.3, -0.25) is 9.71 Å². The van der Waals surface area contributed by atoms with E-state index in [1.165, 1.54) is 19.5 Å². The summed E-state index contributed by atoms with van der Waals surface area (Å²) < 4.78 is 32.5. The van der Waals surface area contributed by atoms with Crippen LogP contribution in [0.15, 0.2) is 47.6 Å². The molecule has 0 unspecified atom stereocenters. The predicted molar refractivity (Wildman–Crippen MR) is 77.4 cm³/mol. The summed E-state index contributed by atoms with van der Waals surface area (Å²) in [5, 5.41) is 0. The van der Waals surface area contributed by atoms with Crippen LogP contribution >= 0.6 is 0 Å². The number of benzene rings is 1. The van der Waals surface area contributed by atoms with Crippen LogP contribution in [0.4, 0.5) is 5.69 Å². The number of nitrogens with zero attached hydrogens (tertiary/aromatic N) is 1. The molecule has 0 amide bonds. The van der Waals surface area contributed by atoms with Crippen molar-refractivity contribution in [1.82, 2.24) is 4.98 Å². The van der Waals surface area contributed by atoms with Gasteiger partial charge in [-0.1, -0.05) is 13.0 Å². The fraction of sp³-hybridized carbons (Fsp3) is 0.214. The monoisotopic (exact) mass is 292 g/mol. The lowest BCUT2D eigenvalue weighted by Crippen LogP contribution is -2.14. The minimum Gasteiger partial charge on any atom is -0.495 e. The molecule has 6 heteroatoms. The summed E-state index contributed by atoms with van der Waals surface area (Å²) in [7, 11) is -2.24. The van der Waals surface area contributed by atoms with E-state index < -0.39 is 10.0 Å². The Labute approximate surface area is 118 Å². The number of anilines is 1. The van der Waals surface area contributed by atoms with Gasteiger partial charge in [0.2, 0.25) is 0 Å². The highest BCUT2D eigenvalue weighted by Crippen LogP contribution is 2.27. The Morgan fingerprint density at radius 2 is 1.90 bits per heavy atom. The third-order valence-corrected chi connectivity index (χ3v) is 4.26. The number of pyridine rings is 1. The number of hydrogen-bond acceptors (Lipinski definition) is 4. The van der Waals surface area contributed by atoms with Gasteiger partial charge in [-0.25, -0.2) is 8.42 Å². The van der Waals surface area contributed by atoms with E-state index in [2.05, 4.69) is 9.71 Å². The molecule has 0 aliphatic carbocycles. The van der Waals surface area contributed by atoms with Gasteiger partial charge >= 0.3 is 0 Å². The van der Waals surface area contributed by atoms with Crippen LogP contribution in [-0.2, 0) is 16.4 Å². The van der Waals surface area contributed by atoms with E-state index >= 15 is 0 Å². The van der Waals surface area contributed by atoms with E-state index in [0.29, 0.717) is 11.4 Å². The first-order valence-electron chi connectivity index (χ1n) is 6.16. The number of rotatable bonds is 5. The molecule has 0 atom stereocenters. The number of aryl methyl sites for hydroxylation is 1. The summed E-state index contributed by atoms with van der Waals surface area (Å²) in [6, 6.07) is 8.33. The average Bonchev–Trinajstić information content (AvgIpc) is 2.47. The van der Waals surface area contributed by atoms with Crippen LogP contribution in [0.5, 0.6) is 5.75 Å². The lowest BCUT2D eigenvalue weighted by molar-refractivity contribution is 0.402. The maximum Gasteiger partial charge on any atom is 0.265 e. The Morgan fingerprint density at radius 3 is 2.50 bits per heavy atom. The molecule has 1 heterocycles. The number of sulfonamides is 1. The van der Waals surface area contributed by atoms with Gasteiger partial charge in [-0.15, -0.1) is 0 Å². The number of hydrogen-bond donors (Lipinski definition) is 1. The normalized spacial score (nSPS) is 11.1. The van der Waals surface area contributed by atoms with Gasteiger partial charge in [0.15, 0.2) is 0 Å². The topological polar surface area (TPSA) is 68.3 Å². The second kappa shape index (κ2) is 5.92. The van der Waals surface area contributed by atoms with Crippen LogP contribution in [-0.4, -0.2) is 20.5 Å². The van der Waals surface area contributed by atoms with Gasteiger partial charge in [-0.05, 0) is 36.2 Å². The molecule has 1 N–H and O–H groups in total. The lowest BCUT2D eigenvalue weighted by Gasteiger charge is -2.12. The minimum absolute atomic E-state index is 0.135. The molecule has 0 spiro atoms. The molecule has 0 radical (unpaired) electrons. The quantitative estimate of drug-likeness (QED) is 0.919. The van der Waals surface area contributed by atoms with Crippen LogP contribution in [0.25, 0.3) is 0 Å². The molecule has 1 aromatic heterocycles. The number of aromatic nitrogens is 1. The van der Waals surface area contributed by atoms with E-state index in [-0.39, 0.29) is 4.90 Å². The molecule has 0 fully saturated rings. The third-order valence-electron chi connectivity index (χ3n) is 2.86. The summed E-state index contributed by atoms with van der Waals surface area (Å²) in [6.45, 7) is 1.97. The first-order chi connectivity index (χ1) is 9.56. The van der Waals surface area contributed by atoms with Crippen molar-refractivity contribution in [2.24, 2.45) is 0 Å². The van der Waals surface area contributed by atoms with Crippen molar-refractivity contribution >= 4 is 15.7 Å². The smallest absolute Gasteiger partial charge is 0.265 e. The van der Waals surface area contributed by atoms with E-state index in [9.17, 15) is 8.42 Å². The van der Waals surface area contributed by atoms with Crippen molar-refractivity contribution in [2.75, 3.05) is 11.8 Å². The van der Waals surface area contributed by atoms with E-state index in [1.807, 2.05) is 13.0 Å². The second-order valence-electron chi connectivity index (χ2n) is 4.18. The maximum absolute atomic E-state index is 12.4. The van der Waals surface area contributed by atoms with Crippen LogP contribution in [0, 0.1) is 0 Å². The molecule has 0 saturated heterocycles. The minimum atomic E-state index is -3.69. The first kappa shape index (κ1) is 14.3. The number of methoxy groups -OCH3 is 1. The van der Waals surface area contributed by atoms with Gasteiger partial charge in [0.1, 0.15) is 10.6 Å². The summed E-state index contributed by atoms with van der Waals surface area (Å²) in [5.41, 5.74) is 1.39. The molecule has 0 aliphatic heterocycles. The molecule has 0 saturated carbocycles. The van der Waals surface area contributed by atoms with Gasteiger partial charge in [0.05, 0.1) is 12.8 Å². The zero-order valence-electron chi connectivity index (χ0n) is 11.3. The van der Waals surface area contributed by atoms with E-state index in [4.69, 9.17) is 4.74 Å². The highest BCUT2D eigenvalue weighted by atomic mass is 32.2. The second-order valence-corrected chi connectivity index (χ2v) is 5.83. The van der Waals surface area contributed by atoms with Crippen molar-refractivity contribution in [3.63, 3.8) is 0 Å². The Bertz CT molecular complexity index is 685. The molecule has 5 nitrogen and oxygen atoms in total. The molecule has 0 aliphatic rings. The summed E-state index contributed by atoms with van der Waals surface area (Å²) >= 11 is 0. The zero-order valence-corrected chi connectivity index (χ0v) is 12.1. The molecule has 0 bridgehead atoms. The fourth-order valence-corrected chi connectivity index (χ4v) is 3.06. The average molecular weight is 292 g/mol. The van der Waals surface area contributed by atoms with Crippen LogP contribution in [0.3, 0.4) is 0 Å². The van der Waals surface area contributed by atoms with Crippen molar-refractivity contribution < 1.29 is 13.2 Å². The van der Waals surface area contributed by atoms with Crippen LogP contribution < -0.4 is 9.46 Å². The number of ether oxygens (including phenoxy) is 1.